The van der Waals surface area contributed by atoms with Crippen LogP contribution in [0.15, 0.2) is 18.2 Å². The minimum Gasteiger partial charge on any atom is -0.755 e. The van der Waals surface area contributed by atoms with Gasteiger partial charge >= 0.3 is 5.97 Å². The lowest BCUT2D eigenvalue weighted by molar-refractivity contribution is -0.136. The van der Waals surface area contributed by atoms with Crippen molar-refractivity contribution in [1.82, 2.24) is 0 Å². The molecule has 0 aromatic heterocycles. The lowest BCUT2D eigenvalue weighted by Gasteiger charge is -2.10. The van der Waals surface area contributed by atoms with Crippen LogP contribution in [0.25, 0.3) is 0 Å². The highest BCUT2D eigenvalue weighted by Gasteiger charge is 2.04. The molecule has 0 heterocycles. The van der Waals surface area contributed by atoms with Crippen molar-refractivity contribution in [3.8, 4) is 0 Å². The van der Waals surface area contributed by atoms with Gasteiger partial charge in [0.25, 0.3) is 0 Å². The Morgan fingerprint density at radius 1 is 1.60 bits per heavy atom. The second-order valence-corrected chi connectivity index (χ2v) is 3.80. The van der Waals surface area contributed by atoms with Gasteiger partial charge in [0.2, 0.25) is 0 Å². The number of anilines is 1. The highest BCUT2D eigenvalue weighted by Crippen LogP contribution is 2.23. The zero-order valence-electron chi connectivity index (χ0n) is 7.40. The zero-order valence-corrected chi connectivity index (χ0v) is 8.97. The van der Waals surface area contributed by atoms with Gasteiger partial charge in [0.1, 0.15) is 0 Å². The highest BCUT2D eigenvalue weighted by molar-refractivity contribution is 7.80. The standard InChI is InChI=1S/C8H8ClNO4S/c9-6-3-5(4-8(11)12)1-2-7(6)10-15(13)14/h1-3,10H,4H2,(H,11,12)(H,13,14)/p-1. The maximum absolute atomic E-state index is 10.4. The van der Waals surface area contributed by atoms with Crippen LogP contribution in [0.5, 0.6) is 0 Å². The molecule has 0 amide bonds. The Balaban J connectivity index is 2.87. The van der Waals surface area contributed by atoms with Crippen LogP contribution in [-0.4, -0.2) is 19.8 Å². The molecule has 1 aromatic carbocycles. The molecule has 7 heteroatoms. The molecule has 1 unspecified atom stereocenters. The largest absolute Gasteiger partial charge is 0.755 e. The molecule has 0 aliphatic heterocycles. The van der Waals surface area contributed by atoms with Crippen molar-refractivity contribution in [1.29, 1.82) is 0 Å². The predicted molar refractivity (Wildman–Crippen MR) is 55.3 cm³/mol. The molecule has 15 heavy (non-hydrogen) atoms. The number of halogens is 1. The van der Waals surface area contributed by atoms with E-state index in [1.165, 1.54) is 18.2 Å². The van der Waals surface area contributed by atoms with Gasteiger partial charge in [0.05, 0.1) is 17.1 Å². The van der Waals surface area contributed by atoms with Crippen LogP contribution in [0, 0.1) is 0 Å². The number of aliphatic carboxylic acids is 1. The smallest absolute Gasteiger partial charge is 0.307 e. The van der Waals surface area contributed by atoms with Crippen LogP contribution in [0.4, 0.5) is 5.69 Å². The second-order valence-electron chi connectivity index (χ2n) is 2.72. The molecule has 82 valence electrons. The summed E-state index contributed by atoms with van der Waals surface area (Å²) in [5.74, 6) is -0.973. The molecule has 0 aliphatic rings. The molecule has 0 saturated carbocycles. The average molecular weight is 249 g/mol. The topological polar surface area (TPSA) is 89.5 Å². The molecule has 2 N–H and O–H groups in total. The van der Waals surface area contributed by atoms with Crippen LogP contribution in [0.3, 0.4) is 0 Å². The molecule has 1 atom stereocenters. The Morgan fingerprint density at radius 2 is 2.27 bits per heavy atom. The third-order valence-corrected chi connectivity index (χ3v) is 2.28. The third kappa shape index (κ3) is 3.86. The molecule has 0 bridgehead atoms. The Morgan fingerprint density at radius 3 is 2.73 bits per heavy atom. The van der Waals surface area contributed by atoms with Crippen molar-refractivity contribution >= 4 is 34.5 Å². The van der Waals surface area contributed by atoms with Crippen molar-refractivity contribution in [3.63, 3.8) is 0 Å². The molecular formula is C8H7ClNO4S-. The van der Waals surface area contributed by atoms with Crippen LogP contribution in [0.2, 0.25) is 5.02 Å². The molecule has 0 aliphatic carbocycles. The number of carboxylic acid groups (broad SMARTS) is 1. The number of hydrogen-bond donors (Lipinski definition) is 2. The number of benzene rings is 1. The van der Waals surface area contributed by atoms with Gasteiger partial charge in [-0.1, -0.05) is 17.7 Å². The van der Waals surface area contributed by atoms with Gasteiger partial charge in [-0.25, -0.2) is 0 Å². The van der Waals surface area contributed by atoms with Gasteiger partial charge in [-0.05, 0) is 17.7 Å². The average Bonchev–Trinajstić information content (AvgIpc) is 2.08. The Kier molecular flexibility index (Phi) is 4.07. The highest BCUT2D eigenvalue weighted by atomic mass is 35.5. The summed E-state index contributed by atoms with van der Waals surface area (Å²) in [5.41, 5.74) is 0.730. The van der Waals surface area contributed by atoms with E-state index in [9.17, 15) is 13.6 Å². The van der Waals surface area contributed by atoms with Crippen molar-refractivity contribution in [3.05, 3.63) is 28.8 Å². The van der Waals surface area contributed by atoms with Crippen LogP contribution in [0.1, 0.15) is 5.56 Å². The number of nitrogens with one attached hydrogen (secondary N) is 1. The molecule has 1 rings (SSSR count). The first-order chi connectivity index (χ1) is 6.99. The summed E-state index contributed by atoms with van der Waals surface area (Å²) in [4.78, 5) is 10.4. The summed E-state index contributed by atoms with van der Waals surface area (Å²) < 4.78 is 22.7. The van der Waals surface area contributed by atoms with Crippen molar-refractivity contribution < 1.29 is 18.7 Å². The monoisotopic (exact) mass is 248 g/mol. The maximum Gasteiger partial charge on any atom is 0.307 e. The van der Waals surface area contributed by atoms with E-state index in [0.717, 1.165) is 0 Å². The number of carboxylic acids is 1. The lowest BCUT2D eigenvalue weighted by atomic mass is 10.1. The van der Waals surface area contributed by atoms with E-state index in [1.54, 1.807) is 0 Å². The molecule has 0 fully saturated rings. The minimum atomic E-state index is -2.44. The molecular weight excluding hydrogens is 242 g/mol. The van der Waals surface area contributed by atoms with Crippen LogP contribution >= 0.6 is 11.6 Å². The first-order valence-electron chi connectivity index (χ1n) is 3.85. The van der Waals surface area contributed by atoms with Gasteiger partial charge in [0.15, 0.2) is 0 Å². The quantitative estimate of drug-likeness (QED) is 0.783. The zero-order chi connectivity index (χ0) is 11.4. The van der Waals surface area contributed by atoms with Gasteiger partial charge < -0.3 is 14.4 Å². The van der Waals surface area contributed by atoms with E-state index in [2.05, 4.69) is 4.72 Å². The van der Waals surface area contributed by atoms with Gasteiger partial charge in [-0.2, -0.15) is 0 Å². The van der Waals surface area contributed by atoms with E-state index in [0.29, 0.717) is 5.56 Å². The lowest BCUT2D eigenvalue weighted by Crippen LogP contribution is -2.04. The fourth-order valence-electron chi connectivity index (χ4n) is 1.02. The summed E-state index contributed by atoms with van der Waals surface area (Å²) in [6.45, 7) is 0. The summed E-state index contributed by atoms with van der Waals surface area (Å²) in [7, 11) is 0. The Bertz CT molecular complexity index is 410. The van der Waals surface area contributed by atoms with E-state index >= 15 is 0 Å². The molecule has 1 aromatic rings. The normalized spacial score (nSPS) is 12.1. The summed E-state index contributed by atoms with van der Waals surface area (Å²) in [5, 5.41) is 8.68. The van der Waals surface area contributed by atoms with Crippen LogP contribution < -0.4 is 4.72 Å². The van der Waals surface area contributed by atoms with Gasteiger partial charge in [0, 0.05) is 11.3 Å². The SMILES string of the molecule is O=C(O)Cc1ccc(NS(=O)[O-])c(Cl)c1. The first kappa shape index (κ1) is 12.0. The molecule has 0 radical (unpaired) electrons. The van der Waals surface area contributed by atoms with E-state index in [1.807, 2.05) is 0 Å². The fraction of sp³-hybridized carbons (Fsp3) is 0.125. The van der Waals surface area contributed by atoms with E-state index in [4.69, 9.17) is 16.7 Å². The third-order valence-electron chi connectivity index (χ3n) is 1.58. The van der Waals surface area contributed by atoms with Crippen molar-refractivity contribution in [2.45, 2.75) is 6.42 Å². The molecule has 0 spiro atoms. The van der Waals surface area contributed by atoms with Gasteiger partial charge in [-0.3, -0.25) is 9.00 Å². The molecule has 5 nitrogen and oxygen atoms in total. The first-order valence-corrected chi connectivity index (χ1v) is 5.30. The maximum atomic E-state index is 10.4. The Hall–Kier alpha value is -1.11. The van der Waals surface area contributed by atoms with E-state index in [-0.39, 0.29) is 17.1 Å². The van der Waals surface area contributed by atoms with Crippen molar-refractivity contribution in [2.24, 2.45) is 0 Å². The van der Waals surface area contributed by atoms with Crippen molar-refractivity contribution in [2.75, 3.05) is 4.72 Å². The summed E-state index contributed by atoms with van der Waals surface area (Å²) in [6, 6.07) is 4.32. The second kappa shape index (κ2) is 5.11. The minimum absolute atomic E-state index is 0.152. The summed E-state index contributed by atoms with van der Waals surface area (Å²) in [6.07, 6.45) is -0.152. The Labute approximate surface area is 93.5 Å². The predicted octanol–water partition coefficient (Wildman–Crippen LogP) is 1.17. The molecule has 0 saturated heterocycles. The fourth-order valence-corrected chi connectivity index (χ4v) is 1.68. The summed E-state index contributed by atoms with van der Waals surface area (Å²) >= 11 is 3.28. The number of hydrogen-bond acceptors (Lipinski definition) is 3. The number of carbonyl (C=O) groups is 1. The number of rotatable bonds is 4. The van der Waals surface area contributed by atoms with Crippen LogP contribution in [-0.2, 0) is 22.5 Å². The van der Waals surface area contributed by atoms with E-state index < -0.39 is 17.2 Å². The van der Waals surface area contributed by atoms with Gasteiger partial charge in [-0.15, -0.1) is 0 Å².